The van der Waals surface area contributed by atoms with Gasteiger partial charge in [-0.05, 0) is 38.8 Å². The fourth-order valence-corrected chi connectivity index (χ4v) is 1.80. The van der Waals surface area contributed by atoms with E-state index in [0.717, 1.165) is 18.6 Å². The Labute approximate surface area is 145 Å². The second kappa shape index (κ2) is 15.8. The Bertz CT molecular complexity index is 448. The minimum atomic E-state index is -0.228. The molecule has 0 radical (unpaired) electrons. The molecule has 5 heteroatoms. The first kappa shape index (κ1) is 22.0. The molecule has 0 atom stereocenters. The Kier molecular flexibility index (Phi) is 14.5. The van der Waals surface area contributed by atoms with Crippen LogP contribution in [0.1, 0.15) is 58.6 Å². The highest BCUT2D eigenvalue weighted by Crippen LogP contribution is 2.04. The van der Waals surface area contributed by atoms with E-state index >= 15 is 0 Å². The summed E-state index contributed by atoms with van der Waals surface area (Å²) < 4.78 is 14.5. The number of hydrogen-bond donors (Lipinski definition) is 0. The quantitative estimate of drug-likeness (QED) is 0.358. The van der Waals surface area contributed by atoms with Crippen molar-refractivity contribution in [2.45, 2.75) is 59.3 Å². The Morgan fingerprint density at radius 1 is 1.12 bits per heavy atom. The third-order valence-corrected chi connectivity index (χ3v) is 2.98. The van der Waals surface area contributed by atoms with Crippen molar-refractivity contribution in [1.29, 1.82) is 0 Å². The summed E-state index contributed by atoms with van der Waals surface area (Å²) in [6.45, 7) is 6.66. The highest BCUT2D eigenvalue weighted by Gasteiger charge is 2.03. The molecule has 0 fully saturated rings. The van der Waals surface area contributed by atoms with Gasteiger partial charge in [0.05, 0.1) is 25.9 Å². The summed E-state index contributed by atoms with van der Waals surface area (Å²) in [5, 5.41) is 0. The second-order valence-electron chi connectivity index (χ2n) is 5.03. The standard InChI is InChI=1S/C10H18O2.C9H12O3/c1-3-5-6-7-8-9-10(11)12-4-2;1-2-11-9(10)6-5-8-4-3-7-12-8/h8-9H,3-7H2,1-2H3;3-4,7H,2,5-6H2,1H3. The largest absolute Gasteiger partial charge is 0.469 e. The predicted molar refractivity (Wildman–Crippen MR) is 93.6 cm³/mol. The van der Waals surface area contributed by atoms with Crippen molar-refractivity contribution in [1.82, 2.24) is 0 Å². The van der Waals surface area contributed by atoms with E-state index in [-0.39, 0.29) is 11.9 Å². The number of aryl methyl sites for hydroxylation is 1. The number of unbranched alkanes of at least 4 members (excludes halogenated alkanes) is 3. The first-order valence-corrected chi connectivity index (χ1v) is 8.65. The van der Waals surface area contributed by atoms with Gasteiger partial charge < -0.3 is 13.9 Å². The van der Waals surface area contributed by atoms with Gasteiger partial charge in [0.15, 0.2) is 0 Å². The van der Waals surface area contributed by atoms with Gasteiger partial charge in [-0.2, -0.15) is 0 Å². The average molecular weight is 338 g/mol. The van der Waals surface area contributed by atoms with Gasteiger partial charge in [-0.3, -0.25) is 4.79 Å². The minimum Gasteiger partial charge on any atom is -0.469 e. The summed E-state index contributed by atoms with van der Waals surface area (Å²) in [6, 6.07) is 3.65. The zero-order chi connectivity index (χ0) is 18.0. The van der Waals surface area contributed by atoms with Crippen molar-refractivity contribution in [3.05, 3.63) is 36.3 Å². The van der Waals surface area contributed by atoms with E-state index in [1.807, 2.05) is 19.1 Å². The van der Waals surface area contributed by atoms with Crippen LogP contribution in [0.4, 0.5) is 0 Å². The molecule has 0 spiro atoms. The summed E-state index contributed by atoms with van der Waals surface area (Å²) >= 11 is 0. The molecular weight excluding hydrogens is 308 g/mol. The van der Waals surface area contributed by atoms with Crippen LogP contribution in [-0.4, -0.2) is 25.2 Å². The van der Waals surface area contributed by atoms with Crippen molar-refractivity contribution >= 4 is 11.9 Å². The van der Waals surface area contributed by atoms with E-state index < -0.39 is 0 Å². The minimum absolute atomic E-state index is 0.172. The van der Waals surface area contributed by atoms with Gasteiger partial charge in [0, 0.05) is 12.5 Å². The average Bonchev–Trinajstić information content (AvgIpc) is 3.07. The van der Waals surface area contributed by atoms with Gasteiger partial charge in [0.25, 0.3) is 0 Å². The number of carbonyl (C=O) groups excluding carboxylic acids is 2. The maximum Gasteiger partial charge on any atom is 0.330 e. The Morgan fingerprint density at radius 2 is 1.88 bits per heavy atom. The molecular formula is C19H30O5. The third kappa shape index (κ3) is 13.6. The van der Waals surface area contributed by atoms with Crippen LogP contribution in [0.15, 0.2) is 35.0 Å². The van der Waals surface area contributed by atoms with Crippen LogP contribution < -0.4 is 0 Å². The first-order valence-electron chi connectivity index (χ1n) is 8.65. The number of allylic oxidation sites excluding steroid dienone is 1. The summed E-state index contributed by atoms with van der Waals surface area (Å²) in [7, 11) is 0. The van der Waals surface area contributed by atoms with Crippen molar-refractivity contribution < 1.29 is 23.5 Å². The lowest BCUT2D eigenvalue weighted by atomic mass is 10.2. The van der Waals surface area contributed by atoms with Crippen molar-refractivity contribution in [2.24, 2.45) is 0 Å². The molecule has 0 aliphatic rings. The van der Waals surface area contributed by atoms with Crippen LogP contribution in [-0.2, 0) is 25.5 Å². The second-order valence-corrected chi connectivity index (χ2v) is 5.03. The molecule has 1 heterocycles. The molecule has 0 unspecified atom stereocenters. The summed E-state index contributed by atoms with van der Waals surface area (Å²) in [5.41, 5.74) is 0. The summed E-state index contributed by atoms with van der Waals surface area (Å²) in [6.07, 6.45) is 10.6. The molecule has 0 aliphatic heterocycles. The van der Waals surface area contributed by atoms with E-state index in [4.69, 9.17) is 13.9 Å². The fourth-order valence-electron chi connectivity index (χ4n) is 1.80. The van der Waals surface area contributed by atoms with Crippen molar-refractivity contribution in [2.75, 3.05) is 13.2 Å². The van der Waals surface area contributed by atoms with E-state index in [1.165, 1.54) is 18.9 Å². The van der Waals surface area contributed by atoms with E-state index in [0.29, 0.717) is 26.1 Å². The fraction of sp³-hybridized carbons (Fsp3) is 0.579. The highest BCUT2D eigenvalue weighted by atomic mass is 16.5. The van der Waals surface area contributed by atoms with Gasteiger partial charge >= 0.3 is 11.9 Å². The van der Waals surface area contributed by atoms with E-state index in [9.17, 15) is 9.59 Å². The monoisotopic (exact) mass is 338 g/mol. The molecule has 1 aromatic heterocycles. The van der Waals surface area contributed by atoms with Crippen LogP contribution in [0.25, 0.3) is 0 Å². The molecule has 1 rings (SSSR count). The highest BCUT2D eigenvalue weighted by molar-refractivity contribution is 5.81. The SMILES string of the molecule is CCCCCC=CC(=O)OCC.CCOC(=O)CCc1ccco1. The normalized spacial score (nSPS) is 10.1. The molecule has 0 N–H and O–H groups in total. The van der Waals surface area contributed by atoms with Crippen LogP contribution in [0.2, 0.25) is 0 Å². The van der Waals surface area contributed by atoms with Crippen LogP contribution in [0.5, 0.6) is 0 Å². The molecule has 5 nitrogen and oxygen atoms in total. The molecule has 24 heavy (non-hydrogen) atoms. The number of esters is 2. The van der Waals surface area contributed by atoms with Gasteiger partial charge in [-0.1, -0.05) is 25.8 Å². The van der Waals surface area contributed by atoms with Gasteiger partial charge in [-0.15, -0.1) is 0 Å². The predicted octanol–water partition coefficient (Wildman–Crippen LogP) is 4.46. The van der Waals surface area contributed by atoms with Crippen molar-refractivity contribution in [3.8, 4) is 0 Å². The van der Waals surface area contributed by atoms with Crippen LogP contribution in [0, 0.1) is 0 Å². The molecule has 0 saturated carbocycles. The van der Waals surface area contributed by atoms with Gasteiger partial charge in [0.2, 0.25) is 0 Å². The van der Waals surface area contributed by atoms with Crippen molar-refractivity contribution in [3.63, 3.8) is 0 Å². The van der Waals surface area contributed by atoms with Gasteiger partial charge in [-0.25, -0.2) is 4.79 Å². The lowest BCUT2D eigenvalue weighted by Gasteiger charge is -1.98. The number of hydrogen-bond acceptors (Lipinski definition) is 5. The molecule has 0 bridgehead atoms. The molecule has 1 aromatic rings. The molecule has 0 saturated heterocycles. The molecule has 136 valence electrons. The molecule has 0 aliphatic carbocycles. The Balaban J connectivity index is 0.000000441. The number of rotatable bonds is 10. The van der Waals surface area contributed by atoms with Crippen LogP contribution in [0.3, 0.4) is 0 Å². The van der Waals surface area contributed by atoms with Crippen LogP contribution >= 0.6 is 0 Å². The number of ether oxygens (including phenoxy) is 2. The zero-order valence-electron chi connectivity index (χ0n) is 15.1. The Hall–Kier alpha value is -2.04. The number of carbonyl (C=O) groups is 2. The lowest BCUT2D eigenvalue weighted by molar-refractivity contribution is -0.143. The van der Waals surface area contributed by atoms with E-state index in [2.05, 4.69) is 6.92 Å². The summed E-state index contributed by atoms with van der Waals surface area (Å²) in [4.78, 5) is 21.6. The number of furan rings is 1. The third-order valence-electron chi connectivity index (χ3n) is 2.98. The van der Waals surface area contributed by atoms with Gasteiger partial charge in [0.1, 0.15) is 5.76 Å². The maximum atomic E-state index is 10.9. The van der Waals surface area contributed by atoms with E-state index in [1.54, 1.807) is 19.3 Å². The first-order chi connectivity index (χ1) is 11.6. The maximum absolute atomic E-state index is 10.9. The zero-order valence-corrected chi connectivity index (χ0v) is 15.1. The molecule has 0 aromatic carbocycles. The molecule has 0 amide bonds. The topological polar surface area (TPSA) is 65.7 Å². The Morgan fingerprint density at radius 3 is 2.46 bits per heavy atom. The smallest absolute Gasteiger partial charge is 0.330 e. The summed E-state index contributed by atoms with van der Waals surface area (Å²) in [5.74, 6) is 0.422. The lowest BCUT2D eigenvalue weighted by Crippen LogP contribution is -2.04.